The van der Waals surface area contributed by atoms with Gasteiger partial charge in [-0.15, -0.1) is 0 Å². The Balaban J connectivity index is 3.14. The number of alkyl halides is 5. The summed E-state index contributed by atoms with van der Waals surface area (Å²) in [6.45, 7) is 0. The number of ether oxygens (including phenoxy) is 1. The van der Waals surface area contributed by atoms with Crippen molar-refractivity contribution in [3.05, 3.63) is 52.4 Å². The monoisotopic (exact) mass is 556 g/mol. The molecule has 0 aromatic heterocycles. The molecule has 202 valence electrons. The van der Waals surface area contributed by atoms with Gasteiger partial charge in [-0.1, -0.05) is 0 Å². The number of hydrogen-bond donors (Lipinski definition) is 4. The molecule has 0 saturated heterocycles. The van der Waals surface area contributed by atoms with Gasteiger partial charge in [0.2, 0.25) is 29.1 Å². The zero-order chi connectivity index (χ0) is 29.0. The predicted octanol–water partition coefficient (Wildman–Crippen LogP) is 2.89. The molecular formula is C18H6F10O9. The molecule has 0 fully saturated rings. The van der Waals surface area contributed by atoms with Crippen molar-refractivity contribution < 1.29 is 88.2 Å². The maximum absolute atomic E-state index is 14.4. The fourth-order valence-electron chi connectivity index (χ4n) is 3.18. The summed E-state index contributed by atoms with van der Waals surface area (Å²) in [5.74, 6) is -36.3. The molecule has 0 heterocycles. The Labute approximate surface area is 194 Å². The van der Waals surface area contributed by atoms with E-state index >= 15 is 0 Å². The topological polar surface area (TPSA) is 158 Å². The van der Waals surface area contributed by atoms with E-state index in [1.165, 1.54) is 0 Å². The number of carboxylic acids is 4. The molecule has 2 rings (SSSR count). The SMILES string of the molecule is O=C(O)C1=CC(C(=O)O)(C(F)(F)C(F)(F)F)C(C(=O)O)=CC1(Oc1c(F)c(F)c(F)c(F)c1F)C(=O)O. The van der Waals surface area contributed by atoms with Crippen LogP contribution in [-0.2, 0) is 19.2 Å². The lowest BCUT2D eigenvalue weighted by atomic mass is 9.66. The number of carboxylic acid groups (broad SMARTS) is 4. The van der Waals surface area contributed by atoms with Crippen LogP contribution in [0.1, 0.15) is 0 Å². The van der Waals surface area contributed by atoms with Crippen LogP contribution in [-0.4, -0.2) is 62.0 Å². The van der Waals surface area contributed by atoms with E-state index in [1.807, 2.05) is 0 Å². The molecule has 1 aliphatic rings. The molecule has 19 heteroatoms. The standard InChI is InChI=1S/C18H6F10O9/c19-5-6(20)8(22)10(9(23)7(5)21)37-16(14(35)36)2-3(11(29)30)15(13(33)34,1-4(16)12(31)32)17(24,25)18(26,27)28/h1-2H,(H,29,30)(H,31,32)(H,33,34)(H,35,36). The van der Waals surface area contributed by atoms with Crippen LogP contribution in [0.3, 0.4) is 0 Å². The zero-order valence-corrected chi connectivity index (χ0v) is 16.8. The third-order valence-corrected chi connectivity index (χ3v) is 4.93. The Hall–Kier alpha value is -4.32. The Kier molecular flexibility index (Phi) is 6.77. The van der Waals surface area contributed by atoms with Crippen LogP contribution >= 0.6 is 0 Å². The molecule has 1 aliphatic carbocycles. The van der Waals surface area contributed by atoms with Crippen LogP contribution in [0.25, 0.3) is 0 Å². The Bertz CT molecular complexity index is 1270. The smallest absolute Gasteiger partial charge is 0.455 e. The molecule has 0 bridgehead atoms. The van der Waals surface area contributed by atoms with E-state index in [2.05, 4.69) is 4.74 Å². The van der Waals surface area contributed by atoms with Gasteiger partial charge >= 0.3 is 36.0 Å². The van der Waals surface area contributed by atoms with Gasteiger partial charge in [0.15, 0.2) is 11.2 Å². The molecule has 2 atom stereocenters. The fourth-order valence-corrected chi connectivity index (χ4v) is 3.18. The van der Waals surface area contributed by atoms with Crippen molar-refractivity contribution in [3.63, 3.8) is 0 Å². The van der Waals surface area contributed by atoms with E-state index in [1.54, 1.807) is 0 Å². The molecule has 0 radical (unpaired) electrons. The van der Waals surface area contributed by atoms with Crippen molar-refractivity contribution >= 4 is 23.9 Å². The first-order valence-corrected chi connectivity index (χ1v) is 8.66. The minimum Gasteiger partial charge on any atom is -0.480 e. The molecule has 0 amide bonds. The second-order valence-electron chi connectivity index (χ2n) is 6.95. The first-order chi connectivity index (χ1) is 16.6. The van der Waals surface area contributed by atoms with Crippen molar-refractivity contribution in [2.24, 2.45) is 5.41 Å². The summed E-state index contributed by atoms with van der Waals surface area (Å²) in [5, 5.41) is 37.2. The summed E-state index contributed by atoms with van der Waals surface area (Å²) >= 11 is 0. The molecule has 37 heavy (non-hydrogen) atoms. The van der Waals surface area contributed by atoms with Gasteiger partial charge < -0.3 is 25.2 Å². The maximum atomic E-state index is 14.4. The number of hydrogen-bond acceptors (Lipinski definition) is 5. The van der Waals surface area contributed by atoms with Crippen LogP contribution in [0.5, 0.6) is 5.75 Å². The Morgan fingerprint density at radius 2 is 1.05 bits per heavy atom. The van der Waals surface area contributed by atoms with E-state index in [0.717, 1.165) is 0 Å². The highest BCUT2D eigenvalue weighted by atomic mass is 19.4. The highest BCUT2D eigenvalue weighted by molar-refractivity contribution is 6.08. The first kappa shape index (κ1) is 28.9. The molecular weight excluding hydrogens is 550 g/mol. The summed E-state index contributed by atoms with van der Waals surface area (Å²) in [7, 11) is 0. The van der Waals surface area contributed by atoms with Gasteiger partial charge in [-0.05, 0) is 12.2 Å². The molecule has 2 unspecified atom stereocenters. The van der Waals surface area contributed by atoms with Gasteiger partial charge in [0, 0.05) is 0 Å². The van der Waals surface area contributed by atoms with Crippen molar-refractivity contribution in [1.82, 2.24) is 0 Å². The molecule has 9 nitrogen and oxygen atoms in total. The Morgan fingerprint density at radius 1 is 0.649 bits per heavy atom. The number of halogens is 10. The van der Waals surface area contributed by atoms with Gasteiger partial charge in [-0.2, -0.15) is 30.7 Å². The minimum absolute atomic E-state index is 1.01. The second kappa shape index (κ2) is 8.66. The molecule has 1 aromatic carbocycles. The van der Waals surface area contributed by atoms with Gasteiger partial charge in [0.25, 0.3) is 5.60 Å². The van der Waals surface area contributed by atoms with Crippen LogP contribution in [0.2, 0.25) is 0 Å². The number of rotatable bonds is 7. The summed E-state index contributed by atoms with van der Waals surface area (Å²) < 4.78 is 141. The van der Waals surface area contributed by atoms with Crippen molar-refractivity contribution in [3.8, 4) is 5.75 Å². The highest BCUT2D eigenvalue weighted by Crippen LogP contribution is 2.57. The van der Waals surface area contributed by atoms with E-state index < -0.39 is 105 Å². The predicted molar refractivity (Wildman–Crippen MR) is 89.7 cm³/mol. The third-order valence-electron chi connectivity index (χ3n) is 4.93. The molecule has 4 N–H and O–H groups in total. The van der Waals surface area contributed by atoms with Gasteiger partial charge in [-0.25, -0.2) is 27.6 Å². The maximum Gasteiger partial charge on any atom is 0.455 e. The normalized spacial score (nSPS) is 22.1. The molecule has 0 spiro atoms. The average molecular weight is 556 g/mol. The van der Waals surface area contributed by atoms with Crippen molar-refractivity contribution in [2.75, 3.05) is 0 Å². The lowest BCUT2D eigenvalue weighted by Crippen LogP contribution is -2.61. The number of benzene rings is 1. The lowest BCUT2D eigenvalue weighted by molar-refractivity contribution is -0.309. The number of aliphatic carboxylic acids is 4. The summed E-state index contributed by atoms with van der Waals surface area (Å²) in [6, 6.07) is 0. The molecule has 0 saturated carbocycles. The highest BCUT2D eigenvalue weighted by Gasteiger charge is 2.77. The van der Waals surface area contributed by atoms with Crippen LogP contribution in [0, 0.1) is 34.5 Å². The second-order valence-corrected chi connectivity index (χ2v) is 6.95. The van der Waals surface area contributed by atoms with E-state index in [0.29, 0.717) is 0 Å². The zero-order valence-electron chi connectivity index (χ0n) is 16.8. The van der Waals surface area contributed by atoms with Crippen LogP contribution in [0.4, 0.5) is 43.9 Å². The Morgan fingerprint density at radius 3 is 1.38 bits per heavy atom. The molecule has 1 aromatic rings. The van der Waals surface area contributed by atoms with Gasteiger partial charge in [0.1, 0.15) is 0 Å². The van der Waals surface area contributed by atoms with E-state index in [-0.39, 0.29) is 0 Å². The van der Waals surface area contributed by atoms with Gasteiger partial charge in [0.05, 0.1) is 11.1 Å². The van der Waals surface area contributed by atoms with E-state index in [4.69, 9.17) is 0 Å². The van der Waals surface area contributed by atoms with Gasteiger partial charge in [-0.3, -0.25) is 4.79 Å². The summed E-state index contributed by atoms with van der Waals surface area (Å²) in [5.41, 5.74) is -15.0. The van der Waals surface area contributed by atoms with Crippen LogP contribution < -0.4 is 4.74 Å². The molecule has 0 aliphatic heterocycles. The quantitative estimate of drug-likeness (QED) is 0.225. The minimum atomic E-state index is -6.95. The lowest BCUT2D eigenvalue weighted by Gasteiger charge is -2.41. The summed E-state index contributed by atoms with van der Waals surface area (Å²) in [4.78, 5) is 46.9. The first-order valence-electron chi connectivity index (χ1n) is 8.66. The van der Waals surface area contributed by atoms with Crippen molar-refractivity contribution in [1.29, 1.82) is 0 Å². The summed E-state index contributed by atoms with van der Waals surface area (Å²) in [6.07, 6.45) is -9.19. The third kappa shape index (κ3) is 3.89. The van der Waals surface area contributed by atoms with Crippen molar-refractivity contribution in [2.45, 2.75) is 17.7 Å². The van der Waals surface area contributed by atoms with Crippen LogP contribution in [0.15, 0.2) is 23.3 Å². The fraction of sp³-hybridized carbons (Fsp3) is 0.222. The number of carbonyl (C=O) groups is 4. The largest absolute Gasteiger partial charge is 0.480 e. The average Bonchev–Trinajstić information content (AvgIpc) is 2.77. The van der Waals surface area contributed by atoms with E-state index in [9.17, 15) is 83.5 Å².